The molecule has 0 nitrogen and oxygen atoms in total. The van der Waals surface area contributed by atoms with Crippen LogP contribution in [0.15, 0.2) is 255 Å². The van der Waals surface area contributed by atoms with Crippen molar-refractivity contribution in [3.63, 3.8) is 0 Å². The quantitative estimate of drug-likeness (QED) is 0.146. The molecule has 0 atom stereocenters. The first kappa shape index (κ1) is 40.9. The Morgan fingerprint density at radius 2 is 0.563 bits per heavy atom. The Morgan fingerprint density at radius 1 is 0.169 bits per heavy atom. The predicted molar refractivity (Wildman–Crippen MR) is 308 cm³/mol. The largest absolute Gasteiger partial charge is 0.0776 e. The summed E-state index contributed by atoms with van der Waals surface area (Å²) in [6, 6.07) is 95.2. The minimum absolute atomic E-state index is 0. The minimum atomic E-state index is 0. The average molecular weight is 899 g/mol. The lowest BCUT2D eigenvalue weighted by molar-refractivity contribution is 1.60. The minimum Gasteiger partial charge on any atom is -0.0776 e. The molecule has 0 heterocycles. The zero-order valence-electron chi connectivity index (χ0n) is 38.2. The van der Waals surface area contributed by atoms with Crippen LogP contribution in [0.25, 0.3) is 153 Å². The summed E-state index contributed by atoms with van der Waals surface area (Å²) < 4.78 is 0. The van der Waals surface area contributed by atoms with Gasteiger partial charge in [0.25, 0.3) is 0 Å². The van der Waals surface area contributed by atoms with E-state index in [9.17, 15) is 0 Å². The molecule has 0 aromatic heterocycles. The van der Waals surface area contributed by atoms with Gasteiger partial charge < -0.3 is 0 Å². The molecular weight excluding hydrogens is 853 g/mol. The van der Waals surface area contributed by atoms with Crippen molar-refractivity contribution in [1.82, 2.24) is 0 Å². The van der Waals surface area contributed by atoms with Crippen LogP contribution >= 0.6 is 0 Å². The normalized spacial score (nSPS) is 11.8. The van der Waals surface area contributed by atoms with Gasteiger partial charge in [-0.15, -0.1) is 0 Å². The lowest BCUT2D eigenvalue weighted by atomic mass is 9.81. The first-order valence-electron chi connectivity index (χ1n) is 24.4. The molecule has 0 fully saturated rings. The summed E-state index contributed by atoms with van der Waals surface area (Å²) in [6.45, 7) is 0. The standard InChI is InChI=1S/C70H42.CH4/c1-4-20-43(21-5-1)48-26-10-11-29-51(48)46-38-39-47-41-62-65-57(60(47)40-46)35-19-37-59(65)69-66(54-32-16-12-27-49(54)44-22-6-2-7-23-44)63-42-61-53-31-15-14-30-52(53)56-34-18-36-58(64(56)61)67(63)68(70(62)69)55-33-17-13-28-50(55)45-24-8-3-9-25-45;/h1-42H;1H4. The maximum Gasteiger partial charge on any atom is -0.000674 e. The lowest BCUT2D eigenvalue weighted by Crippen LogP contribution is -1.94. The van der Waals surface area contributed by atoms with E-state index in [4.69, 9.17) is 0 Å². The van der Waals surface area contributed by atoms with Crippen LogP contribution in [0.3, 0.4) is 0 Å². The van der Waals surface area contributed by atoms with Crippen molar-refractivity contribution in [3.8, 4) is 66.8 Å². The van der Waals surface area contributed by atoms with Gasteiger partial charge in [-0.2, -0.15) is 0 Å². The average Bonchev–Trinajstić information content (AvgIpc) is 3.95. The van der Waals surface area contributed by atoms with Gasteiger partial charge in [0.1, 0.15) is 0 Å². The van der Waals surface area contributed by atoms with E-state index in [1.54, 1.807) is 0 Å². The van der Waals surface area contributed by atoms with Gasteiger partial charge in [0, 0.05) is 0 Å². The molecular formula is C71H46. The fourth-order valence-corrected chi connectivity index (χ4v) is 12.5. The number of rotatable bonds is 6. The van der Waals surface area contributed by atoms with Crippen LogP contribution < -0.4 is 0 Å². The molecule has 0 spiro atoms. The van der Waals surface area contributed by atoms with Crippen molar-refractivity contribution in [2.75, 3.05) is 0 Å². The van der Waals surface area contributed by atoms with Gasteiger partial charge in [0.2, 0.25) is 0 Å². The van der Waals surface area contributed by atoms with E-state index in [-0.39, 0.29) is 7.43 Å². The third kappa shape index (κ3) is 5.98. The second kappa shape index (κ2) is 16.0. The highest BCUT2D eigenvalue weighted by Gasteiger charge is 2.29. The summed E-state index contributed by atoms with van der Waals surface area (Å²) in [6.07, 6.45) is 0. The Kier molecular flexibility index (Phi) is 9.22. The molecule has 15 aromatic carbocycles. The molecule has 330 valence electrons. The molecule has 0 bridgehead atoms. The smallest absolute Gasteiger partial charge is 0.000674 e. The van der Waals surface area contributed by atoms with Crippen molar-refractivity contribution >= 4 is 86.2 Å². The van der Waals surface area contributed by atoms with Crippen molar-refractivity contribution in [1.29, 1.82) is 0 Å². The molecule has 0 radical (unpaired) electrons. The van der Waals surface area contributed by atoms with Gasteiger partial charge in [-0.1, -0.05) is 244 Å². The van der Waals surface area contributed by atoms with Crippen molar-refractivity contribution in [3.05, 3.63) is 255 Å². The second-order valence-electron chi connectivity index (χ2n) is 18.9. The SMILES string of the molecule is C.c1ccc(-c2ccccc2-c2ccc3cc4c5c(-c6ccccc6-c6ccccc6)c6c(cc7c8ccccc8c8cccc6c87)c(-c6ccccc6-c6ccccc6)c5c5cccc(c3c2)c54)cc1. The zero-order valence-corrected chi connectivity index (χ0v) is 38.2. The van der Waals surface area contributed by atoms with Crippen molar-refractivity contribution in [2.24, 2.45) is 0 Å². The van der Waals surface area contributed by atoms with E-state index >= 15 is 0 Å². The lowest BCUT2D eigenvalue weighted by Gasteiger charge is -2.22. The van der Waals surface area contributed by atoms with E-state index in [1.165, 1.54) is 153 Å². The fourth-order valence-electron chi connectivity index (χ4n) is 12.5. The van der Waals surface area contributed by atoms with Crippen LogP contribution in [0.5, 0.6) is 0 Å². The maximum atomic E-state index is 2.56. The fraction of sp³-hybridized carbons (Fsp3) is 0.0141. The highest BCUT2D eigenvalue weighted by molar-refractivity contribution is 6.46. The summed E-state index contributed by atoms with van der Waals surface area (Å²) in [4.78, 5) is 0. The molecule has 0 saturated carbocycles. The van der Waals surface area contributed by atoms with Gasteiger partial charge in [-0.05, 0) is 171 Å². The Hall–Kier alpha value is -9.10. The molecule has 15 aromatic rings. The third-order valence-corrected chi connectivity index (χ3v) is 15.3. The van der Waals surface area contributed by atoms with Crippen LogP contribution in [-0.2, 0) is 0 Å². The van der Waals surface area contributed by atoms with Gasteiger partial charge >= 0.3 is 0 Å². The van der Waals surface area contributed by atoms with Crippen LogP contribution in [0.1, 0.15) is 7.43 Å². The summed E-state index contributed by atoms with van der Waals surface area (Å²) in [5, 5.41) is 20.6. The Bertz CT molecular complexity index is 4540. The van der Waals surface area contributed by atoms with E-state index in [0.717, 1.165) is 0 Å². The van der Waals surface area contributed by atoms with Gasteiger partial charge in [-0.25, -0.2) is 0 Å². The third-order valence-electron chi connectivity index (χ3n) is 15.3. The monoisotopic (exact) mass is 898 g/mol. The van der Waals surface area contributed by atoms with Crippen molar-refractivity contribution < 1.29 is 0 Å². The van der Waals surface area contributed by atoms with Gasteiger partial charge in [0.05, 0.1) is 0 Å². The highest BCUT2D eigenvalue weighted by atomic mass is 14.3. The van der Waals surface area contributed by atoms with Gasteiger partial charge in [-0.3, -0.25) is 0 Å². The molecule has 0 aliphatic rings. The molecule has 0 unspecified atom stereocenters. The number of fused-ring (bicyclic) bond motifs is 10. The summed E-state index contributed by atoms with van der Waals surface area (Å²) in [5.74, 6) is 0. The number of benzene rings is 13. The summed E-state index contributed by atoms with van der Waals surface area (Å²) in [5.41, 5.74) is 14.8. The van der Waals surface area contributed by atoms with Crippen LogP contribution in [0, 0.1) is 0 Å². The zero-order chi connectivity index (χ0) is 45.9. The maximum absolute atomic E-state index is 2.56. The Labute approximate surface area is 413 Å². The van der Waals surface area contributed by atoms with Crippen LogP contribution in [0.4, 0.5) is 0 Å². The van der Waals surface area contributed by atoms with E-state index in [2.05, 4.69) is 255 Å². The molecule has 0 amide bonds. The number of hydrogen-bond donors (Lipinski definition) is 0. The highest BCUT2D eigenvalue weighted by Crippen LogP contribution is 2.57. The van der Waals surface area contributed by atoms with E-state index in [1.807, 2.05) is 0 Å². The molecule has 71 heavy (non-hydrogen) atoms. The van der Waals surface area contributed by atoms with Crippen molar-refractivity contribution in [2.45, 2.75) is 7.43 Å². The Morgan fingerprint density at radius 3 is 1.14 bits per heavy atom. The van der Waals surface area contributed by atoms with Crippen LogP contribution in [-0.4, -0.2) is 0 Å². The van der Waals surface area contributed by atoms with Gasteiger partial charge in [0.15, 0.2) is 0 Å². The molecule has 0 saturated heterocycles. The Balaban J connectivity index is 0.00000470. The summed E-state index contributed by atoms with van der Waals surface area (Å²) >= 11 is 0. The predicted octanol–water partition coefficient (Wildman–Crippen LogP) is 20.4. The molecule has 0 aliphatic carbocycles. The van der Waals surface area contributed by atoms with E-state index in [0.29, 0.717) is 0 Å². The first-order chi connectivity index (χ1) is 34.8. The molecule has 0 N–H and O–H groups in total. The van der Waals surface area contributed by atoms with E-state index < -0.39 is 0 Å². The number of hydrogen-bond acceptors (Lipinski definition) is 0. The molecule has 0 heteroatoms. The second-order valence-corrected chi connectivity index (χ2v) is 18.9. The molecule has 0 aliphatic heterocycles. The summed E-state index contributed by atoms with van der Waals surface area (Å²) in [7, 11) is 0. The van der Waals surface area contributed by atoms with Crippen LogP contribution in [0.2, 0.25) is 0 Å². The topological polar surface area (TPSA) is 0 Å². The first-order valence-corrected chi connectivity index (χ1v) is 24.4. The molecule has 15 rings (SSSR count).